The Bertz CT molecular complexity index is 401. The second-order valence-electron chi connectivity index (χ2n) is 4.55. The zero-order valence-corrected chi connectivity index (χ0v) is 10.9. The highest BCUT2D eigenvalue weighted by Gasteiger charge is 2.07. The van der Waals surface area contributed by atoms with Crippen LogP contribution in [0.25, 0.3) is 0 Å². The minimum atomic E-state index is -0.0792. The van der Waals surface area contributed by atoms with Crippen molar-refractivity contribution in [1.82, 2.24) is 9.55 Å². The fourth-order valence-corrected chi connectivity index (χ4v) is 1.43. The van der Waals surface area contributed by atoms with Crippen molar-refractivity contribution in [3.8, 4) is 0 Å². The lowest BCUT2D eigenvalue weighted by atomic mass is 10.2. The van der Waals surface area contributed by atoms with Gasteiger partial charge in [0.25, 0.3) is 5.56 Å². The third kappa shape index (κ3) is 4.19. The van der Waals surface area contributed by atoms with Gasteiger partial charge in [-0.15, -0.1) is 0 Å². The molecule has 1 aromatic heterocycles. The third-order valence-electron chi connectivity index (χ3n) is 2.43. The topological polar surface area (TPSA) is 56.1 Å². The Morgan fingerprint density at radius 2 is 2.18 bits per heavy atom. The monoisotopic (exact) mass is 239 g/mol. The van der Waals surface area contributed by atoms with Crippen LogP contribution in [0.2, 0.25) is 0 Å². The number of nitrogens with one attached hydrogen (secondary N) is 1. The van der Waals surface area contributed by atoms with Crippen LogP contribution in [0.3, 0.4) is 0 Å². The van der Waals surface area contributed by atoms with Crippen LogP contribution >= 0.6 is 0 Å². The molecule has 0 aliphatic heterocycles. The van der Waals surface area contributed by atoms with Crippen LogP contribution in [-0.4, -0.2) is 29.3 Å². The smallest absolute Gasteiger partial charge is 0.293 e. The highest BCUT2D eigenvalue weighted by molar-refractivity contribution is 5.30. The molecule has 0 saturated heterocycles. The van der Waals surface area contributed by atoms with Gasteiger partial charge in [0, 0.05) is 32.6 Å². The number of nitrogens with zero attached hydrogens (tertiary/aromatic N) is 2. The van der Waals surface area contributed by atoms with E-state index < -0.39 is 0 Å². The summed E-state index contributed by atoms with van der Waals surface area (Å²) in [6, 6.07) is 0. The number of ether oxygens (including phenoxy) is 1. The SMILES string of the molecule is COC(C)CNc1nccn(CC(C)C)c1=O. The van der Waals surface area contributed by atoms with E-state index in [-0.39, 0.29) is 11.7 Å². The van der Waals surface area contributed by atoms with Gasteiger partial charge in [0.15, 0.2) is 5.82 Å². The first kappa shape index (κ1) is 13.7. The largest absolute Gasteiger partial charge is 0.380 e. The summed E-state index contributed by atoms with van der Waals surface area (Å²) in [7, 11) is 1.64. The molecule has 0 amide bonds. The van der Waals surface area contributed by atoms with Gasteiger partial charge in [-0.05, 0) is 12.8 Å². The molecule has 5 heteroatoms. The molecule has 0 aromatic carbocycles. The summed E-state index contributed by atoms with van der Waals surface area (Å²) in [4.78, 5) is 16.1. The second kappa shape index (κ2) is 6.39. The van der Waals surface area contributed by atoms with E-state index in [9.17, 15) is 4.79 Å². The molecule has 1 atom stereocenters. The predicted octanol–water partition coefficient (Wildman–Crippen LogP) is 1.35. The number of methoxy groups -OCH3 is 1. The number of aromatic nitrogens is 2. The van der Waals surface area contributed by atoms with E-state index >= 15 is 0 Å². The van der Waals surface area contributed by atoms with Crippen molar-refractivity contribution in [1.29, 1.82) is 0 Å². The maximum absolute atomic E-state index is 12.0. The molecule has 0 radical (unpaired) electrons. The molecular weight excluding hydrogens is 218 g/mol. The van der Waals surface area contributed by atoms with Crippen LogP contribution in [0, 0.1) is 5.92 Å². The van der Waals surface area contributed by atoms with Crippen molar-refractivity contribution in [3.05, 3.63) is 22.7 Å². The first-order valence-electron chi connectivity index (χ1n) is 5.86. The quantitative estimate of drug-likeness (QED) is 0.814. The van der Waals surface area contributed by atoms with Crippen molar-refractivity contribution in [2.75, 3.05) is 19.0 Å². The van der Waals surface area contributed by atoms with Crippen LogP contribution in [-0.2, 0) is 11.3 Å². The highest BCUT2D eigenvalue weighted by atomic mass is 16.5. The standard InChI is InChI=1S/C12H21N3O2/c1-9(2)8-15-6-5-13-11(12(15)16)14-7-10(3)17-4/h5-6,9-10H,7-8H2,1-4H3,(H,13,14). The van der Waals surface area contributed by atoms with Gasteiger partial charge in [-0.3, -0.25) is 4.79 Å². The predicted molar refractivity (Wildman–Crippen MR) is 68.3 cm³/mol. The molecule has 0 spiro atoms. The summed E-state index contributed by atoms with van der Waals surface area (Å²) in [5, 5.41) is 3.01. The van der Waals surface area contributed by atoms with Crippen LogP contribution in [0.5, 0.6) is 0 Å². The molecule has 0 bridgehead atoms. The molecule has 0 aliphatic rings. The van der Waals surface area contributed by atoms with Crippen LogP contribution in [0.1, 0.15) is 20.8 Å². The Morgan fingerprint density at radius 1 is 1.47 bits per heavy atom. The van der Waals surface area contributed by atoms with Crippen molar-refractivity contribution >= 4 is 5.82 Å². The van der Waals surface area contributed by atoms with Crippen molar-refractivity contribution in [3.63, 3.8) is 0 Å². The van der Waals surface area contributed by atoms with Crippen molar-refractivity contribution in [2.24, 2.45) is 5.92 Å². The third-order valence-corrected chi connectivity index (χ3v) is 2.43. The van der Waals surface area contributed by atoms with E-state index in [1.807, 2.05) is 6.92 Å². The molecule has 5 nitrogen and oxygen atoms in total. The minimum absolute atomic E-state index is 0.0509. The normalized spacial score (nSPS) is 12.8. The molecule has 0 saturated carbocycles. The Kier molecular flexibility index (Phi) is 5.15. The van der Waals surface area contributed by atoms with Gasteiger partial charge in [0.05, 0.1) is 6.10 Å². The van der Waals surface area contributed by atoms with Gasteiger partial charge in [0.2, 0.25) is 0 Å². The zero-order chi connectivity index (χ0) is 12.8. The van der Waals surface area contributed by atoms with E-state index in [1.54, 1.807) is 24.1 Å². The fourth-order valence-electron chi connectivity index (χ4n) is 1.43. The lowest BCUT2D eigenvalue weighted by molar-refractivity contribution is 0.128. The molecule has 0 aliphatic carbocycles. The van der Waals surface area contributed by atoms with Crippen molar-refractivity contribution < 1.29 is 4.74 Å². The molecule has 1 N–H and O–H groups in total. The second-order valence-corrected chi connectivity index (χ2v) is 4.55. The lowest BCUT2D eigenvalue weighted by Crippen LogP contribution is -2.28. The van der Waals surface area contributed by atoms with Gasteiger partial charge in [-0.2, -0.15) is 0 Å². The summed E-state index contributed by atoms with van der Waals surface area (Å²) in [6.45, 7) is 7.36. The molecule has 96 valence electrons. The molecule has 1 aromatic rings. The van der Waals surface area contributed by atoms with Crippen molar-refractivity contribution in [2.45, 2.75) is 33.4 Å². The Hall–Kier alpha value is -1.36. The Labute approximate surface area is 102 Å². The maximum Gasteiger partial charge on any atom is 0.293 e. The summed E-state index contributed by atoms with van der Waals surface area (Å²) >= 11 is 0. The number of hydrogen-bond acceptors (Lipinski definition) is 4. The van der Waals surface area contributed by atoms with Gasteiger partial charge in [-0.25, -0.2) is 4.98 Å². The minimum Gasteiger partial charge on any atom is -0.380 e. The van der Waals surface area contributed by atoms with Crippen LogP contribution in [0.15, 0.2) is 17.2 Å². The van der Waals surface area contributed by atoms with Gasteiger partial charge in [-0.1, -0.05) is 13.8 Å². The molecule has 1 heterocycles. The molecular formula is C12H21N3O2. The van der Waals surface area contributed by atoms with Crippen LogP contribution in [0.4, 0.5) is 5.82 Å². The molecule has 0 fully saturated rings. The zero-order valence-electron chi connectivity index (χ0n) is 10.9. The number of rotatable bonds is 6. The number of hydrogen-bond donors (Lipinski definition) is 1. The summed E-state index contributed by atoms with van der Waals surface area (Å²) in [5.74, 6) is 0.817. The fraction of sp³-hybridized carbons (Fsp3) is 0.667. The van der Waals surface area contributed by atoms with E-state index in [1.165, 1.54) is 0 Å². The van der Waals surface area contributed by atoms with Gasteiger partial charge >= 0.3 is 0 Å². The first-order valence-corrected chi connectivity index (χ1v) is 5.86. The Morgan fingerprint density at radius 3 is 2.76 bits per heavy atom. The molecule has 1 unspecified atom stereocenters. The number of anilines is 1. The van der Waals surface area contributed by atoms with E-state index in [4.69, 9.17) is 4.74 Å². The van der Waals surface area contributed by atoms with E-state index in [2.05, 4.69) is 24.1 Å². The molecule has 17 heavy (non-hydrogen) atoms. The van der Waals surface area contributed by atoms with E-state index in [0.29, 0.717) is 24.8 Å². The Balaban J connectivity index is 2.76. The molecule has 1 rings (SSSR count). The van der Waals surface area contributed by atoms with Gasteiger partial charge in [0.1, 0.15) is 0 Å². The summed E-state index contributed by atoms with van der Waals surface area (Å²) in [5.41, 5.74) is -0.0792. The van der Waals surface area contributed by atoms with Gasteiger partial charge < -0.3 is 14.6 Å². The summed E-state index contributed by atoms with van der Waals surface area (Å²) in [6.07, 6.45) is 3.41. The van der Waals surface area contributed by atoms with Crippen LogP contribution < -0.4 is 10.9 Å². The lowest BCUT2D eigenvalue weighted by Gasteiger charge is -2.13. The summed E-state index contributed by atoms with van der Waals surface area (Å²) < 4.78 is 6.79. The average Bonchev–Trinajstić information content (AvgIpc) is 2.29. The maximum atomic E-state index is 12.0. The first-order chi connectivity index (χ1) is 8.04. The van der Waals surface area contributed by atoms with E-state index in [0.717, 1.165) is 0 Å². The average molecular weight is 239 g/mol. The highest BCUT2D eigenvalue weighted by Crippen LogP contribution is 1.99.